The van der Waals surface area contributed by atoms with Gasteiger partial charge in [0.15, 0.2) is 5.82 Å². The SMILES string of the molecule is CC(C)Oc1ccc(-c2nc(-c3cccc4c3CC[C@H]4NS(=O)(=O)CCO)ns2)cc1C#N. The number of aliphatic hydroxyl groups is 1. The minimum atomic E-state index is -3.55. The molecular weight excluding hydrogens is 460 g/mol. The summed E-state index contributed by atoms with van der Waals surface area (Å²) in [6, 6.07) is 13.0. The van der Waals surface area contributed by atoms with Crippen molar-refractivity contribution in [3.8, 4) is 33.8 Å². The predicted octanol–water partition coefficient (Wildman–Crippen LogP) is 3.43. The summed E-state index contributed by atoms with van der Waals surface area (Å²) in [6.07, 6.45) is 1.30. The molecule has 1 aromatic heterocycles. The second-order valence-corrected chi connectivity index (χ2v) is 10.7. The molecule has 10 heteroatoms. The normalized spacial score (nSPS) is 15.4. The van der Waals surface area contributed by atoms with E-state index in [0.717, 1.165) is 22.3 Å². The van der Waals surface area contributed by atoms with Gasteiger partial charge in [-0.25, -0.2) is 18.1 Å². The van der Waals surface area contributed by atoms with Gasteiger partial charge in [0.05, 0.1) is 24.0 Å². The van der Waals surface area contributed by atoms with E-state index in [0.29, 0.717) is 35.0 Å². The maximum absolute atomic E-state index is 12.1. The maximum atomic E-state index is 12.1. The summed E-state index contributed by atoms with van der Waals surface area (Å²) in [5.74, 6) is 0.796. The van der Waals surface area contributed by atoms with Crippen LogP contribution in [0.4, 0.5) is 0 Å². The standard InChI is InChI=1S/C23H24N4O4S2/c1-14(2)31-21-9-6-15(12-16(21)13-24)23-25-22(26-32-23)19-5-3-4-18-17(19)7-8-20(18)27-33(29,30)11-10-28/h3-6,9,12,14,20,27-28H,7-8,10-11H2,1-2H3/t20-/m1/s1. The van der Waals surface area contributed by atoms with E-state index in [1.807, 2.05) is 38.1 Å². The minimum absolute atomic E-state index is 0.0341. The van der Waals surface area contributed by atoms with Gasteiger partial charge in [-0.05, 0) is 67.5 Å². The predicted molar refractivity (Wildman–Crippen MR) is 126 cm³/mol. The lowest BCUT2D eigenvalue weighted by Gasteiger charge is -2.14. The second kappa shape index (κ2) is 9.57. The van der Waals surface area contributed by atoms with Crippen LogP contribution in [0.1, 0.15) is 43.0 Å². The van der Waals surface area contributed by atoms with Crippen LogP contribution in [0.25, 0.3) is 22.0 Å². The van der Waals surface area contributed by atoms with Gasteiger partial charge >= 0.3 is 0 Å². The Hall–Kier alpha value is -2.84. The quantitative estimate of drug-likeness (QED) is 0.502. The lowest BCUT2D eigenvalue weighted by molar-refractivity contribution is 0.242. The van der Waals surface area contributed by atoms with E-state index in [1.165, 1.54) is 11.5 Å². The monoisotopic (exact) mass is 484 g/mol. The topological polar surface area (TPSA) is 125 Å². The summed E-state index contributed by atoms with van der Waals surface area (Å²) in [5, 5.41) is 19.2. The number of hydrogen-bond acceptors (Lipinski definition) is 8. The number of ether oxygens (including phenoxy) is 1. The molecule has 33 heavy (non-hydrogen) atoms. The average Bonchev–Trinajstić information content (AvgIpc) is 3.41. The molecule has 0 spiro atoms. The number of nitrogens with zero attached hydrogens (tertiary/aromatic N) is 3. The second-order valence-electron chi connectivity index (χ2n) is 8.04. The molecule has 1 heterocycles. The van der Waals surface area contributed by atoms with E-state index >= 15 is 0 Å². The Bertz CT molecular complexity index is 1310. The summed E-state index contributed by atoms with van der Waals surface area (Å²) >= 11 is 1.25. The first-order valence-corrected chi connectivity index (χ1v) is 13.0. The maximum Gasteiger partial charge on any atom is 0.214 e. The van der Waals surface area contributed by atoms with Gasteiger partial charge in [-0.15, -0.1) is 0 Å². The molecule has 172 valence electrons. The van der Waals surface area contributed by atoms with Crippen molar-refractivity contribution in [1.82, 2.24) is 14.1 Å². The van der Waals surface area contributed by atoms with Gasteiger partial charge in [0, 0.05) is 17.2 Å². The lowest BCUT2D eigenvalue weighted by atomic mass is 10.0. The molecule has 8 nitrogen and oxygen atoms in total. The molecule has 2 N–H and O–H groups in total. The Kier molecular flexibility index (Phi) is 6.76. The number of benzene rings is 2. The fraction of sp³-hybridized carbons (Fsp3) is 0.348. The molecule has 3 aromatic rings. The highest BCUT2D eigenvalue weighted by molar-refractivity contribution is 7.89. The van der Waals surface area contributed by atoms with Crippen LogP contribution in [0.3, 0.4) is 0 Å². The largest absolute Gasteiger partial charge is 0.490 e. The Morgan fingerprint density at radius 1 is 1.33 bits per heavy atom. The van der Waals surface area contributed by atoms with Crippen LogP contribution < -0.4 is 9.46 Å². The number of sulfonamides is 1. The van der Waals surface area contributed by atoms with E-state index < -0.39 is 16.6 Å². The van der Waals surface area contributed by atoms with Crippen molar-refractivity contribution in [2.24, 2.45) is 0 Å². The van der Waals surface area contributed by atoms with Crippen molar-refractivity contribution in [1.29, 1.82) is 5.26 Å². The number of aromatic nitrogens is 2. The van der Waals surface area contributed by atoms with Crippen molar-refractivity contribution in [2.45, 2.75) is 38.8 Å². The summed E-state index contributed by atoms with van der Waals surface area (Å²) in [6.45, 7) is 3.40. The highest BCUT2D eigenvalue weighted by atomic mass is 32.2. The molecule has 0 radical (unpaired) electrons. The molecule has 0 aliphatic heterocycles. The fourth-order valence-electron chi connectivity index (χ4n) is 3.94. The number of nitrogens with one attached hydrogen (secondary N) is 1. The Morgan fingerprint density at radius 3 is 2.88 bits per heavy atom. The molecule has 0 fully saturated rings. The summed E-state index contributed by atoms with van der Waals surface area (Å²) in [4.78, 5) is 4.71. The van der Waals surface area contributed by atoms with Crippen LogP contribution in [-0.4, -0.2) is 41.3 Å². The fourth-order valence-corrected chi connectivity index (χ4v) is 5.65. The highest BCUT2D eigenvalue weighted by Crippen LogP contribution is 2.38. The van der Waals surface area contributed by atoms with Crippen molar-refractivity contribution in [2.75, 3.05) is 12.4 Å². The van der Waals surface area contributed by atoms with Gasteiger partial charge in [-0.3, -0.25) is 0 Å². The molecule has 0 amide bonds. The van der Waals surface area contributed by atoms with Crippen LogP contribution in [0.15, 0.2) is 36.4 Å². The Morgan fingerprint density at radius 2 is 2.15 bits per heavy atom. The molecule has 2 aromatic carbocycles. The molecule has 1 atom stereocenters. The zero-order valence-corrected chi connectivity index (χ0v) is 19.9. The first kappa shape index (κ1) is 23.3. The molecule has 4 rings (SSSR count). The van der Waals surface area contributed by atoms with E-state index in [4.69, 9.17) is 14.8 Å². The Balaban J connectivity index is 1.63. The third kappa shape index (κ3) is 5.07. The lowest BCUT2D eigenvalue weighted by Crippen LogP contribution is -2.30. The number of rotatable bonds is 8. The average molecular weight is 485 g/mol. The molecular formula is C23H24N4O4S2. The first-order valence-electron chi connectivity index (χ1n) is 10.6. The first-order chi connectivity index (χ1) is 15.8. The van der Waals surface area contributed by atoms with E-state index in [2.05, 4.69) is 15.2 Å². The van der Waals surface area contributed by atoms with Gasteiger partial charge in [0.1, 0.15) is 16.8 Å². The van der Waals surface area contributed by atoms with Gasteiger partial charge in [0.25, 0.3) is 0 Å². The van der Waals surface area contributed by atoms with Crippen LogP contribution in [0, 0.1) is 11.3 Å². The van der Waals surface area contributed by atoms with E-state index in [9.17, 15) is 13.7 Å². The Labute approximate surface area is 197 Å². The minimum Gasteiger partial charge on any atom is -0.490 e. The number of aliphatic hydroxyl groups excluding tert-OH is 1. The molecule has 1 aliphatic rings. The molecule has 0 saturated heterocycles. The molecule has 0 saturated carbocycles. The molecule has 0 unspecified atom stereocenters. The van der Waals surface area contributed by atoms with Crippen molar-refractivity contribution in [3.05, 3.63) is 53.1 Å². The summed E-state index contributed by atoms with van der Waals surface area (Å²) in [7, 11) is -3.55. The zero-order chi connectivity index (χ0) is 23.6. The van der Waals surface area contributed by atoms with E-state index in [-0.39, 0.29) is 17.9 Å². The molecule has 0 bridgehead atoms. The van der Waals surface area contributed by atoms with Gasteiger partial charge in [-0.2, -0.15) is 9.64 Å². The highest BCUT2D eigenvalue weighted by Gasteiger charge is 2.29. The smallest absolute Gasteiger partial charge is 0.214 e. The van der Waals surface area contributed by atoms with Crippen LogP contribution in [-0.2, 0) is 16.4 Å². The van der Waals surface area contributed by atoms with Gasteiger partial charge in [-0.1, -0.05) is 18.2 Å². The van der Waals surface area contributed by atoms with Crippen LogP contribution >= 0.6 is 11.5 Å². The van der Waals surface area contributed by atoms with Crippen LogP contribution in [0.5, 0.6) is 5.75 Å². The van der Waals surface area contributed by atoms with Crippen LogP contribution in [0.2, 0.25) is 0 Å². The number of fused-ring (bicyclic) bond motifs is 1. The molecule has 1 aliphatic carbocycles. The number of hydrogen-bond donors (Lipinski definition) is 2. The van der Waals surface area contributed by atoms with Crippen molar-refractivity contribution in [3.63, 3.8) is 0 Å². The summed E-state index contributed by atoms with van der Waals surface area (Å²) < 4.78 is 37.2. The number of nitriles is 1. The van der Waals surface area contributed by atoms with Crippen molar-refractivity contribution < 1.29 is 18.3 Å². The van der Waals surface area contributed by atoms with Gasteiger partial charge in [0.2, 0.25) is 10.0 Å². The summed E-state index contributed by atoms with van der Waals surface area (Å²) in [5.41, 5.74) is 4.04. The third-order valence-corrected chi connectivity index (χ3v) is 7.46. The van der Waals surface area contributed by atoms with Gasteiger partial charge < -0.3 is 9.84 Å². The van der Waals surface area contributed by atoms with E-state index in [1.54, 1.807) is 12.1 Å². The van der Waals surface area contributed by atoms with Crippen molar-refractivity contribution >= 4 is 21.6 Å². The third-order valence-electron chi connectivity index (χ3n) is 5.33. The zero-order valence-electron chi connectivity index (χ0n) is 18.3.